The monoisotopic (exact) mass is 220 g/mol. The molecule has 0 aromatic carbocycles. The van der Waals surface area contributed by atoms with Gasteiger partial charge in [0, 0.05) is 6.54 Å². The third-order valence-electron chi connectivity index (χ3n) is 0.958. The Morgan fingerprint density at radius 1 is 1.07 bits per heavy atom. The molecule has 0 aliphatic heterocycles. The summed E-state index contributed by atoms with van der Waals surface area (Å²) in [4.78, 5) is 11.5. The maximum absolute atomic E-state index is 9.29. The number of nitrogens with one attached hydrogen (secondary N) is 1. The van der Waals surface area contributed by atoms with Crippen molar-refractivity contribution in [3.63, 3.8) is 0 Å². The molecule has 3 heteroatoms. The lowest BCUT2D eigenvalue weighted by Gasteiger charge is -2.03. The molecule has 1 amide bonds. The number of nitrogens with zero attached hydrogens (tertiary/aromatic N) is 1. The number of rotatable bonds is 4. The van der Waals surface area contributed by atoms with Crippen LogP contribution in [0.3, 0.4) is 0 Å². The molecular weight excluding hydrogens is 188 g/mol. The third kappa shape index (κ3) is 89.4. The van der Waals surface area contributed by atoms with Crippen LogP contribution in [0.1, 0.15) is 48.0 Å². The number of hydrogen-bond donors (Lipinski definition) is 1. The average molecular weight is 220 g/mol. The van der Waals surface area contributed by atoms with Gasteiger partial charge in [-0.05, 0) is 34.0 Å². The van der Waals surface area contributed by atoms with E-state index in [4.69, 9.17) is 0 Å². The summed E-state index contributed by atoms with van der Waals surface area (Å²) in [5.74, 6) is 0. The van der Waals surface area contributed by atoms with Crippen LogP contribution in [0, 0.1) is 0 Å². The molecule has 0 fully saturated rings. The maximum atomic E-state index is 9.29. The molecule has 0 aromatic rings. The molecule has 0 rings (SSSR count). The molecule has 0 bridgehead atoms. The minimum atomic E-state index is 0.681. The van der Waals surface area contributed by atoms with Crippen molar-refractivity contribution in [2.45, 2.75) is 48.0 Å². The van der Waals surface area contributed by atoms with Crippen LogP contribution >= 0.6 is 0 Å². The fraction of sp³-hybridized carbons (Fsp3) is 0.917. The molecule has 0 atom stereocenters. The number of amides is 1. The lowest BCUT2D eigenvalue weighted by atomic mass is 10.5. The number of carbonyl (C=O) groups is 1. The molecule has 1 N–H and O–H groups in total. The summed E-state index contributed by atoms with van der Waals surface area (Å²) in [6, 6.07) is 0. The Labute approximate surface area is 97.2 Å². The predicted molar refractivity (Wildman–Crippen MR) is 71.3 cm³/mol. The molecule has 0 unspecified atom stereocenters. The Kier molecular flexibility index (Phi) is 60.0. The first kappa shape index (κ1) is 23.9. The van der Waals surface area contributed by atoms with E-state index >= 15 is 0 Å². The van der Waals surface area contributed by atoms with E-state index in [9.17, 15) is 4.79 Å². The van der Waals surface area contributed by atoms with Crippen LogP contribution in [-0.2, 0) is 4.79 Å². The fourth-order valence-corrected chi connectivity index (χ4v) is 0.531. The largest absolute Gasteiger partial charge is 0.359 e. The van der Waals surface area contributed by atoms with E-state index in [1.807, 2.05) is 34.6 Å². The van der Waals surface area contributed by atoms with Gasteiger partial charge >= 0.3 is 0 Å². The molecule has 15 heavy (non-hydrogen) atoms. The number of carbonyl (C=O) groups excluding carboxylic acids is 1. The highest BCUT2D eigenvalue weighted by Gasteiger charge is 1.79. The molecule has 0 heterocycles. The van der Waals surface area contributed by atoms with Crippen molar-refractivity contribution in [2.24, 2.45) is 0 Å². The van der Waals surface area contributed by atoms with E-state index in [-0.39, 0.29) is 0 Å². The zero-order valence-corrected chi connectivity index (χ0v) is 12.1. The highest BCUT2D eigenvalue weighted by molar-refractivity contribution is 5.45. The van der Waals surface area contributed by atoms with E-state index in [0.29, 0.717) is 6.41 Å². The van der Waals surface area contributed by atoms with E-state index < -0.39 is 0 Å². The van der Waals surface area contributed by atoms with Crippen LogP contribution in [0.4, 0.5) is 0 Å². The van der Waals surface area contributed by atoms with Crippen molar-refractivity contribution in [3.05, 3.63) is 0 Å². The highest BCUT2D eigenvalue weighted by Crippen LogP contribution is 1.76. The molecule has 0 saturated carbocycles. The summed E-state index contributed by atoms with van der Waals surface area (Å²) in [6.45, 7) is 14.0. The van der Waals surface area contributed by atoms with Crippen molar-refractivity contribution >= 4 is 6.41 Å². The van der Waals surface area contributed by atoms with Crippen LogP contribution < -0.4 is 5.32 Å². The first-order chi connectivity index (χ1) is 7.18. The minimum Gasteiger partial charge on any atom is -0.359 e. The van der Waals surface area contributed by atoms with Crippen LogP contribution in [0.5, 0.6) is 0 Å². The van der Waals surface area contributed by atoms with Crippen LogP contribution in [0.2, 0.25) is 0 Å². The first-order valence-corrected chi connectivity index (χ1v) is 6.00. The Balaban J connectivity index is -0.0000000610. The molecule has 3 nitrogen and oxygen atoms in total. The van der Waals surface area contributed by atoms with E-state index in [0.717, 1.165) is 6.54 Å². The highest BCUT2D eigenvalue weighted by atomic mass is 16.1. The third-order valence-corrected chi connectivity index (χ3v) is 0.958. The summed E-state index contributed by atoms with van der Waals surface area (Å²) in [7, 11) is 4.17. The van der Waals surface area contributed by atoms with Gasteiger partial charge in [0.1, 0.15) is 0 Å². The summed E-state index contributed by atoms with van der Waals surface area (Å²) >= 11 is 0. The van der Waals surface area contributed by atoms with Gasteiger partial charge in [0.15, 0.2) is 0 Å². The van der Waals surface area contributed by atoms with Gasteiger partial charge in [-0.15, -0.1) is 0 Å². The van der Waals surface area contributed by atoms with E-state index in [1.54, 1.807) is 0 Å². The van der Waals surface area contributed by atoms with Gasteiger partial charge in [0.25, 0.3) is 0 Å². The van der Waals surface area contributed by atoms with E-state index in [1.165, 1.54) is 13.0 Å². The summed E-state index contributed by atoms with van der Waals surface area (Å²) in [5.41, 5.74) is 0. The van der Waals surface area contributed by atoms with Crippen LogP contribution in [0.25, 0.3) is 0 Å². The Morgan fingerprint density at radius 3 is 1.47 bits per heavy atom. The summed E-state index contributed by atoms with van der Waals surface area (Å²) < 4.78 is 0. The fourth-order valence-electron chi connectivity index (χ4n) is 0.531. The van der Waals surface area contributed by atoms with Crippen LogP contribution in [0.15, 0.2) is 0 Å². The van der Waals surface area contributed by atoms with Crippen molar-refractivity contribution in [1.29, 1.82) is 0 Å². The lowest BCUT2D eigenvalue weighted by Crippen LogP contribution is -2.11. The normalized spacial score (nSPS) is 7.00. The van der Waals surface area contributed by atoms with Gasteiger partial charge < -0.3 is 10.2 Å². The quantitative estimate of drug-likeness (QED) is 0.739. The molecule has 0 radical (unpaired) electrons. The van der Waals surface area contributed by atoms with Crippen molar-refractivity contribution in [2.75, 3.05) is 27.2 Å². The van der Waals surface area contributed by atoms with Gasteiger partial charge in [-0.2, -0.15) is 0 Å². The SMILES string of the molecule is CC.CC.CCCN(C)C.CCNC=O. The smallest absolute Gasteiger partial charge is 0.207 e. The van der Waals surface area contributed by atoms with Crippen molar-refractivity contribution < 1.29 is 4.79 Å². The zero-order chi connectivity index (χ0) is 13.1. The summed E-state index contributed by atoms with van der Waals surface area (Å²) in [6.07, 6.45) is 1.94. The molecule has 0 aromatic heterocycles. The Hall–Kier alpha value is -0.570. The standard InChI is InChI=1S/C5H13N.C3H7NO.2C2H6/c1-4-5-6(2)3;1-2-4-3-5;2*1-2/h4-5H2,1-3H3;3H,2H2,1H3,(H,4,5);2*1-2H3. The van der Waals surface area contributed by atoms with Gasteiger partial charge in [0.05, 0.1) is 0 Å². The maximum Gasteiger partial charge on any atom is 0.207 e. The molecule has 0 saturated heterocycles. The number of hydrogen-bond acceptors (Lipinski definition) is 2. The summed E-state index contributed by atoms with van der Waals surface area (Å²) in [5, 5.41) is 2.43. The second kappa shape index (κ2) is 37.6. The molecule has 96 valence electrons. The molecule has 0 aliphatic rings. The zero-order valence-electron chi connectivity index (χ0n) is 12.1. The molecule has 0 spiro atoms. The van der Waals surface area contributed by atoms with Gasteiger partial charge in [-0.3, -0.25) is 4.79 Å². The second-order valence-electron chi connectivity index (χ2n) is 2.48. The predicted octanol–water partition coefficient (Wildman–Crippen LogP) is 2.76. The van der Waals surface area contributed by atoms with Gasteiger partial charge in [0.2, 0.25) is 6.41 Å². The second-order valence-corrected chi connectivity index (χ2v) is 2.48. The van der Waals surface area contributed by atoms with Crippen molar-refractivity contribution in [3.8, 4) is 0 Å². The van der Waals surface area contributed by atoms with Crippen molar-refractivity contribution in [1.82, 2.24) is 10.2 Å². The first-order valence-electron chi connectivity index (χ1n) is 6.00. The Morgan fingerprint density at radius 2 is 1.47 bits per heavy atom. The van der Waals surface area contributed by atoms with Gasteiger partial charge in [-0.1, -0.05) is 34.6 Å². The topological polar surface area (TPSA) is 32.3 Å². The molecular formula is C12H32N2O. The average Bonchev–Trinajstić information content (AvgIpc) is 2.25. The van der Waals surface area contributed by atoms with Crippen LogP contribution in [-0.4, -0.2) is 38.5 Å². The lowest BCUT2D eigenvalue weighted by molar-refractivity contribution is -0.109. The van der Waals surface area contributed by atoms with E-state index in [2.05, 4.69) is 31.2 Å². The van der Waals surface area contributed by atoms with Gasteiger partial charge in [-0.25, -0.2) is 0 Å². The minimum absolute atomic E-state index is 0.681. The molecule has 0 aliphatic carbocycles. The Bertz CT molecular complexity index is 76.0.